The highest BCUT2D eigenvalue weighted by atomic mass is 14.1. The van der Waals surface area contributed by atoms with Crippen LogP contribution in [0.4, 0.5) is 0 Å². The van der Waals surface area contributed by atoms with Gasteiger partial charge in [-0.05, 0) is 25.2 Å². The maximum Gasteiger partial charge on any atom is -0.00258 e. The Morgan fingerprint density at radius 2 is 2.30 bits per heavy atom. The van der Waals surface area contributed by atoms with Crippen LogP contribution in [0.5, 0.6) is 0 Å². The fraction of sp³-hybridized carbons (Fsp3) is 0.600. The van der Waals surface area contributed by atoms with Gasteiger partial charge >= 0.3 is 0 Å². The van der Waals surface area contributed by atoms with Gasteiger partial charge in [-0.25, -0.2) is 0 Å². The quantitative estimate of drug-likeness (QED) is 0.511. The average Bonchev–Trinajstić information content (AvgIpc) is 2.04. The van der Waals surface area contributed by atoms with Gasteiger partial charge in [-0.3, -0.25) is 0 Å². The van der Waals surface area contributed by atoms with Crippen molar-refractivity contribution in [3.05, 3.63) is 23.8 Å². The molecule has 1 rings (SSSR count). The van der Waals surface area contributed by atoms with E-state index in [0.717, 1.165) is 12.3 Å². The van der Waals surface area contributed by atoms with Gasteiger partial charge in [0.05, 0.1) is 0 Å². The third kappa shape index (κ3) is 1.50. The van der Waals surface area contributed by atoms with Crippen molar-refractivity contribution in [2.24, 2.45) is 5.92 Å². The van der Waals surface area contributed by atoms with Gasteiger partial charge in [0.15, 0.2) is 0 Å². The number of rotatable bonds is 2. The Labute approximate surface area is 63.6 Å². The molecule has 0 amide bonds. The van der Waals surface area contributed by atoms with E-state index in [1.807, 2.05) is 0 Å². The zero-order valence-electron chi connectivity index (χ0n) is 6.93. The third-order valence-corrected chi connectivity index (χ3v) is 2.21. The van der Waals surface area contributed by atoms with Crippen molar-refractivity contribution in [3.63, 3.8) is 0 Å². The van der Waals surface area contributed by atoms with E-state index in [0.29, 0.717) is 0 Å². The highest BCUT2D eigenvalue weighted by molar-refractivity contribution is 5.18. The predicted molar refractivity (Wildman–Crippen MR) is 45.9 cm³/mol. The zero-order valence-corrected chi connectivity index (χ0v) is 6.93. The Hall–Kier alpha value is -0.520. The second-order valence-electron chi connectivity index (χ2n) is 2.81. The second kappa shape index (κ2) is 3.60. The number of hydrogen-bond donors (Lipinski definition) is 0. The van der Waals surface area contributed by atoms with Crippen LogP contribution in [-0.4, -0.2) is 0 Å². The van der Waals surface area contributed by atoms with Crippen molar-refractivity contribution in [1.29, 1.82) is 0 Å². The molecular weight excluding hydrogens is 120 g/mol. The predicted octanol–water partition coefficient (Wildman–Crippen LogP) is 3.31. The van der Waals surface area contributed by atoms with Crippen LogP contribution < -0.4 is 0 Å². The fourth-order valence-corrected chi connectivity index (χ4v) is 1.54. The van der Waals surface area contributed by atoms with Crippen molar-refractivity contribution in [2.75, 3.05) is 0 Å². The van der Waals surface area contributed by atoms with Gasteiger partial charge in [0.25, 0.3) is 0 Å². The molecule has 0 heteroatoms. The highest BCUT2D eigenvalue weighted by Gasteiger charge is 2.08. The smallest absolute Gasteiger partial charge is 0.00258 e. The van der Waals surface area contributed by atoms with E-state index < -0.39 is 0 Å². The zero-order chi connectivity index (χ0) is 7.40. The summed E-state index contributed by atoms with van der Waals surface area (Å²) >= 11 is 0. The van der Waals surface area contributed by atoms with Crippen LogP contribution >= 0.6 is 0 Å². The van der Waals surface area contributed by atoms with Crippen LogP contribution in [0, 0.1) is 5.92 Å². The largest absolute Gasteiger partial charge is 0.0841 e. The van der Waals surface area contributed by atoms with E-state index in [9.17, 15) is 0 Å². The van der Waals surface area contributed by atoms with Crippen molar-refractivity contribution in [2.45, 2.75) is 33.1 Å². The molecule has 0 bridgehead atoms. The summed E-state index contributed by atoms with van der Waals surface area (Å²) in [5, 5.41) is 0. The molecule has 0 heterocycles. The molecular formula is C10H16. The van der Waals surface area contributed by atoms with E-state index >= 15 is 0 Å². The van der Waals surface area contributed by atoms with Crippen LogP contribution in [0.3, 0.4) is 0 Å². The fourth-order valence-electron chi connectivity index (χ4n) is 1.54. The first-order valence-electron chi connectivity index (χ1n) is 4.24. The van der Waals surface area contributed by atoms with Crippen LogP contribution in [0.1, 0.15) is 33.1 Å². The molecule has 1 atom stereocenters. The summed E-state index contributed by atoms with van der Waals surface area (Å²) in [5.74, 6) is 0.749. The van der Waals surface area contributed by atoms with Gasteiger partial charge in [0, 0.05) is 0 Å². The first-order valence-corrected chi connectivity index (χ1v) is 4.24. The minimum absolute atomic E-state index is 0.749. The lowest BCUT2D eigenvalue weighted by Crippen LogP contribution is -2.01. The summed E-state index contributed by atoms with van der Waals surface area (Å²) in [6.45, 7) is 4.50. The maximum atomic E-state index is 2.37. The lowest BCUT2D eigenvalue weighted by Gasteiger charge is -2.16. The molecule has 10 heavy (non-hydrogen) atoms. The van der Waals surface area contributed by atoms with Gasteiger partial charge in [-0.1, -0.05) is 37.6 Å². The molecule has 56 valence electrons. The lowest BCUT2D eigenvalue weighted by atomic mass is 9.90. The van der Waals surface area contributed by atoms with E-state index in [2.05, 4.69) is 32.1 Å². The molecule has 0 aromatic heterocycles. The summed E-state index contributed by atoms with van der Waals surface area (Å²) in [4.78, 5) is 0. The van der Waals surface area contributed by atoms with Crippen molar-refractivity contribution < 1.29 is 0 Å². The summed E-state index contributed by atoms with van der Waals surface area (Å²) in [7, 11) is 0. The van der Waals surface area contributed by atoms with Crippen LogP contribution in [0.2, 0.25) is 0 Å². The van der Waals surface area contributed by atoms with E-state index in [4.69, 9.17) is 0 Å². The van der Waals surface area contributed by atoms with Crippen LogP contribution in [0.15, 0.2) is 23.8 Å². The third-order valence-electron chi connectivity index (χ3n) is 2.21. The summed E-state index contributed by atoms with van der Waals surface area (Å²) in [6, 6.07) is 0. The molecule has 1 unspecified atom stereocenters. The molecule has 0 saturated carbocycles. The normalized spacial score (nSPS) is 24.6. The molecule has 1 aliphatic carbocycles. The molecule has 0 aliphatic heterocycles. The summed E-state index contributed by atoms with van der Waals surface area (Å²) in [6.07, 6.45) is 10.6. The van der Waals surface area contributed by atoms with Gasteiger partial charge in [-0.2, -0.15) is 0 Å². The molecule has 0 aromatic carbocycles. The maximum absolute atomic E-state index is 2.37. The van der Waals surface area contributed by atoms with Gasteiger partial charge < -0.3 is 0 Å². The van der Waals surface area contributed by atoms with E-state index in [-0.39, 0.29) is 0 Å². The average molecular weight is 136 g/mol. The summed E-state index contributed by atoms with van der Waals surface area (Å²) in [5.41, 5.74) is 1.63. The van der Waals surface area contributed by atoms with Crippen molar-refractivity contribution >= 4 is 0 Å². The minimum atomic E-state index is 0.749. The number of hydrogen-bond acceptors (Lipinski definition) is 0. The lowest BCUT2D eigenvalue weighted by molar-refractivity contribution is 0.684. The Bertz CT molecular complexity index is 151. The first-order chi connectivity index (χ1) is 4.88. The van der Waals surface area contributed by atoms with Gasteiger partial charge in [-0.15, -0.1) is 0 Å². The van der Waals surface area contributed by atoms with Gasteiger partial charge in [0.2, 0.25) is 0 Å². The molecule has 0 spiro atoms. The standard InChI is InChI=1S/C10H16/c1-3-9-7-5-6-8-10(9)4-2/h5,7-9H,3-4,6H2,1-2H3. The Balaban J connectivity index is 2.59. The Kier molecular flexibility index (Phi) is 2.73. The molecule has 0 saturated heterocycles. The highest BCUT2D eigenvalue weighted by Crippen LogP contribution is 2.23. The van der Waals surface area contributed by atoms with Crippen LogP contribution in [-0.2, 0) is 0 Å². The van der Waals surface area contributed by atoms with E-state index in [1.54, 1.807) is 5.57 Å². The van der Waals surface area contributed by atoms with E-state index in [1.165, 1.54) is 12.8 Å². The van der Waals surface area contributed by atoms with Crippen LogP contribution in [0.25, 0.3) is 0 Å². The first kappa shape index (κ1) is 7.59. The van der Waals surface area contributed by atoms with Crippen molar-refractivity contribution in [3.8, 4) is 0 Å². The molecule has 0 N–H and O–H groups in total. The topological polar surface area (TPSA) is 0 Å². The molecule has 0 fully saturated rings. The minimum Gasteiger partial charge on any atom is -0.0841 e. The monoisotopic (exact) mass is 136 g/mol. The summed E-state index contributed by atoms with van der Waals surface area (Å²) < 4.78 is 0. The number of allylic oxidation sites excluding steroid dienone is 4. The molecule has 0 radical (unpaired) electrons. The molecule has 1 aliphatic rings. The Morgan fingerprint density at radius 1 is 1.50 bits per heavy atom. The van der Waals surface area contributed by atoms with Crippen molar-refractivity contribution in [1.82, 2.24) is 0 Å². The SMILES string of the molecule is CCC1=CCC=CC1CC. The molecule has 0 aromatic rings. The Morgan fingerprint density at radius 3 is 2.80 bits per heavy atom. The second-order valence-corrected chi connectivity index (χ2v) is 2.81. The molecule has 0 nitrogen and oxygen atoms in total. The van der Waals surface area contributed by atoms with Gasteiger partial charge in [0.1, 0.15) is 0 Å².